The Morgan fingerprint density at radius 2 is 1.88 bits per heavy atom. The van der Waals surface area contributed by atoms with E-state index in [1.165, 1.54) is 11.7 Å². The number of hydrogen-bond donors (Lipinski definition) is 2. The number of imidazole rings is 1. The molecule has 0 bridgehead atoms. The third-order valence-electron chi connectivity index (χ3n) is 9.10. The van der Waals surface area contributed by atoms with Gasteiger partial charge >= 0.3 is 6.18 Å². The average molecular weight is 730 g/mol. The number of nitrogens with zero attached hydrogens (tertiary/aromatic N) is 6. The number of benzene rings is 3. The first kappa shape index (κ1) is 35.5. The topological polar surface area (TPSA) is 104 Å². The van der Waals surface area contributed by atoms with Crippen LogP contribution >= 0.6 is 23.2 Å². The molecule has 264 valence electrons. The number of amides is 1. The lowest BCUT2D eigenvalue weighted by molar-refractivity contribution is -0.139. The third-order valence-corrected chi connectivity index (χ3v) is 9.84. The van der Waals surface area contributed by atoms with Gasteiger partial charge in [0.05, 0.1) is 39.9 Å². The number of H-pyrrole nitrogens is 1. The fraction of sp³-hybridized carbons (Fsp3) is 0.371. The molecular formula is C35H37Cl2F3N8O2. The van der Waals surface area contributed by atoms with Gasteiger partial charge in [-0.15, -0.1) is 0 Å². The lowest BCUT2D eigenvalue weighted by Crippen LogP contribution is -2.41. The summed E-state index contributed by atoms with van der Waals surface area (Å²) in [6.45, 7) is 1.55. The van der Waals surface area contributed by atoms with Crippen molar-refractivity contribution in [3.8, 4) is 17.0 Å². The Morgan fingerprint density at radius 1 is 1.10 bits per heavy atom. The van der Waals surface area contributed by atoms with Crippen molar-refractivity contribution in [1.29, 1.82) is 0 Å². The second-order valence-corrected chi connectivity index (χ2v) is 13.3. The van der Waals surface area contributed by atoms with Crippen LogP contribution in [0.15, 0.2) is 66.9 Å². The number of aromatic amines is 1. The molecule has 1 amide bonds. The molecule has 2 N–H and O–H groups in total. The van der Waals surface area contributed by atoms with Gasteiger partial charge in [-0.05, 0) is 73.8 Å². The Morgan fingerprint density at radius 3 is 2.58 bits per heavy atom. The number of fused-ring (bicyclic) bond motifs is 1. The molecule has 0 radical (unpaired) electrons. The lowest BCUT2D eigenvalue weighted by Gasteiger charge is -2.34. The minimum absolute atomic E-state index is 0.0207. The molecule has 1 aliphatic rings. The summed E-state index contributed by atoms with van der Waals surface area (Å²) in [4.78, 5) is 22.4. The van der Waals surface area contributed by atoms with E-state index in [4.69, 9.17) is 27.9 Å². The van der Waals surface area contributed by atoms with Crippen LogP contribution in [0.5, 0.6) is 5.75 Å². The minimum Gasteiger partial charge on any atom is -0.496 e. The largest absolute Gasteiger partial charge is 0.496 e. The normalized spacial score (nSPS) is 14.9. The maximum atomic E-state index is 13.9. The number of hydrogen-bond acceptors (Lipinski definition) is 7. The maximum absolute atomic E-state index is 13.9. The summed E-state index contributed by atoms with van der Waals surface area (Å²) < 4.78 is 47.1. The molecule has 15 heteroatoms. The second-order valence-electron chi connectivity index (χ2n) is 12.5. The number of piperidine rings is 1. The number of carbonyl (C=O) groups excluding carboxylic acids is 1. The van der Waals surface area contributed by atoms with Gasteiger partial charge in [-0.25, -0.2) is 4.98 Å². The number of anilines is 1. The van der Waals surface area contributed by atoms with Gasteiger partial charge < -0.3 is 24.4 Å². The van der Waals surface area contributed by atoms with Gasteiger partial charge in [-0.2, -0.15) is 28.6 Å². The van der Waals surface area contributed by atoms with Crippen molar-refractivity contribution in [2.75, 3.05) is 45.7 Å². The summed E-state index contributed by atoms with van der Waals surface area (Å²) in [7, 11) is 3.29. The predicted octanol–water partition coefficient (Wildman–Crippen LogP) is 7.52. The molecule has 50 heavy (non-hydrogen) atoms. The quantitative estimate of drug-likeness (QED) is 0.137. The van der Waals surface area contributed by atoms with Gasteiger partial charge in [0.25, 0.3) is 5.91 Å². The first-order valence-electron chi connectivity index (χ1n) is 16.2. The van der Waals surface area contributed by atoms with E-state index in [2.05, 4.69) is 30.6 Å². The molecule has 10 nitrogen and oxygen atoms in total. The van der Waals surface area contributed by atoms with E-state index in [-0.39, 0.29) is 23.8 Å². The first-order chi connectivity index (χ1) is 24.0. The monoisotopic (exact) mass is 728 g/mol. The highest BCUT2D eigenvalue weighted by Gasteiger charge is 2.31. The van der Waals surface area contributed by atoms with Crippen LogP contribution < -0.4 is 10.1 Å². The van der Waals surface area contributed by atoms with E-state index in [9.17, 15) is 18.0 Å². The Kier molecular flexibility index (Phi) is 10.8. The predicted molar refractivity (Wildman–Crippen MR) is 188 cm³/mol. The van der Waals surface area contributed by atoms with Crippen LogP contribution in [0.3, 0.4) is 0 Å². The smallest absolute Gasteiger partial charge is 0.406 e. The second kappa shape index (κ2) is 15.3. The van der Waals surface area contributed by atoms with Gasteiger partial charge in [0.1, 0.15) is 18.0 Å². The minimum atomic E-state index is -4.37. The van der Waals surface area contributed by atoms with Crippen LogP contribution in [0.25, 0.3) is 22.3 Å². The van der Waals surface area contributed by atoms with Crippen molar-refractivity contribution in [2.45, 2.75) is 43.9 Å². The average Bonchev–Trinajstić information content (AvgIpc) is 3.76. The number of alkyl halides is 3. The summed E-state index contributed by atoms with van der Waals surface area (Å²) >= 11 is 12.7. The van der Waals surface area contributed by atoms with Gasteiger partial charge in [0.2, 0.25) is 5.95 Å². The number of halogens is 5. The van der Waals surface area contributed by atoms with Crippen LogP contribution in [0, 0.1) is 0 Å². The summed E-state index contributed by atoms with van der Waals surface area (Å²) in [5.74, 6) is 0.408. The van der Waals surface area contributed by atoms with Crippen LogP contribution in [-0.2, 0) is 6.54 Å². The highest BCUT2D eigenvalue weighted by molar-refractivity contribution is 6.42. The summed E-state index contributed by atoms with van der Waals surface area (Å²) in [6, 6.07) is 17.7. The van der Waals surface area contributed by atoms with E-state index in [1.54, 1.807) is 60.6 Å². The number of likely N-dealkylation sites (N-methyl/N-ethyl adjacent to an activating group) is 1. The highest BCUT2D eigenvalue weighted by Crippen LogP contribution is 2.32. The molecule has 1 aliphatic heterocycles. The molecule has 0 spiro atoms. The van der Waals surface area contributed by atoms with E-state index < -0.39 is 12.7 Å². The van der Waals surface area contributed by atoms with E-state index in [1.807, 2.05) is 18.2 Å². The molecule has 1 unspecified atom stereocenters. The molecule has 1 saturated heterocycles. The first-order valence-corrected chi connectivity index (χ1v) is 17.0. The summed E-state index contributed by atoms with van der Waals surface area (Å²) in [6.07, 6.45) is -0.575. The fourth-order valence-electron chi connectivity index (χ4n) is 6.47. The zero-order chi connectivity index (χ0) is 35.4. The number of ether oxygens (including phenoxy) is 1. The zero-order valence-corrected chi connectivity index (χ0v) is 29.1. The summed E-state index contributed by atoms with van der Waals surface area (Å²) in [5.41, 5.74) is 3.67. The molecular weight excluding hydrogens is 692 g/mol. The molecule has 2 aromatic heterocycles. The molecule has 3 aromatic carbocycles. The zero-order valence-electron chi connectivity index (χ0n) is 27.6. The Balaban J connectivity index is 1.12. The van der Waals surface area contributed by atoms with Gasteiger partial charge in [-0.1, -0.05) is 41.4 Å². The molecule has 6 rings (SSSR count). The van der Waals surface area contributed by atoms with Crippen LogP contribution in [0.4, 0.5) is 19.1 Å². The molecule has 1 fully saturated rings. The van der Waals surface area contributed by atoms with E-state index in [0.29, 0.717) is 44.6 Å². The number of carbonyl (C=O) groups is 1. The van der Waals surface area contributed by atoms with Crippen molar-refractivity contribution < 1.29 is 22.7 Å². The molecule has 5 aromatic rings. The Hall–Kier alpha value is -4.33. The molecule has 3 heterocycles. The van der Waals surface area contributed by atoms with Crippen molar-refractivity contribution in [1.82, 2.24) is 34.8 Å². The van der Waals surface area contributed by atoms with Crippen molar-refractivity contribution in [3.05, 3.63) is 88.0 Å². The number of rotatable bonds is 12. The number of methoxy groups -OCH3 is 1. The molecule has 1 atom stereocenters. The van der Waals surface area contributed by atoms with Crippen molar-refractivity contribution in [3.63, 3.8) is 0 Å². The Bertz CT molecular complexity index is 1930. The number of para-hydroxylation sites is 2. The fourth-order valence-corrected chi connectivity index (χ4v) is 6.78. The lowest BCUT2D eigenvalue weighted by atomic mass is 9.93. The summed E-state index contributed by atoms with van der Waals surface area (Å²) in [5, 5.41) is 14.8. The van der Waals surface area contributed by atoms with Crippen LogP contribution in [0.2, 0.25) is 10.0 Å². The molecule has 0 saturated carbocycles. The third kappa shape index (κ3) is 8.34. The van der Waals surface area contributed by atoms with E-state index in [0.717, 1.165) is 50.0 Å². The van der Waals surface area contributed by atoms with Crippen molar-refractivity contribution in [2.24, 2.45) is 0 Å². The van der Waals surface area contributed by atoms with Gasteiger partial charge in [-0.3, -0.25) is 4.79 Å². The van der Waals surface area contributed by atoms with E-state index >= 15 is 0 Å². The number of aromatic nitrogens is 5. The van der Waals surface area contributed by atoms with Crippen LogP contribution in [-0.4, -0.2) is 93.2 Å². The van der Waals surface area contributed by atoms with Crippen LogP contribution in [0.1, 0.15) is 41.1 Å². The standard InChI is InChI=1S/C35H37Cl2F3N8O2/c1-46(33(49)26-17-23(8-10-32(26)50-2)30-19-41-45-44-30)20-24(22-7-9-27(36)28(37)18-22)11-14-47-15-12-25(13-16-47)42-34-43-29-5-3-4-6-31(29)48(34)21-35(38,39)40/h3-10,17-19,24-25H,11-16,20-21H2,1-2H3,(H,42,43)(H,41,44,45). The van der Waals surface area contributed by atoms with Gasteiger partial charge in [0.15, 0.2) is 0 Å². The molecule has 0 aliphatic carbocycles. The number of likely N-dealkylation sites (tertiary alicyclic amines) is 1. The van der Waals surface area contributed by atoms with Crippen molar-refractivity contribution >= 4 is 46.1 Å². The highest BCUT2D eigenvalue weighted by atomic mass is 35.5. The number of nitrogens with one attached hydrogen (secondary N) is 2. The SMILES string of the molecule is COc1ccc(-c2cn[nH]n2)cc1C(=O)N(C)CC(CCN1CCC(Nc2nc3ccccc3n2CC(F)(F)F)CC1)c1ccc(Cl)c(Cl)c1. The van der Waals surface area contributed by atoms with Gasteiger partial charge in [0, 0.05) is 44.2 Å². The maximum Gasteiger partial charge on any atom is 0.406 e. The Labute approximate surface area is 297 Å².